The van der Waals surface area contributed by atoms with E-state index < -0.39 is 5.97 Å². The van der Waals surface area contributed by atoms with E-state index in [9.17, 15) is 9.59 Å². The SMILES string of the molecule is CCN(C(=O)Nc1ccc(I)cc1C(=O)O)C(C)C. The van der Waals surface area contributed by atoms with Gasteiger partial charge in [0.2, 0.25) is 0 Å². The normalized spacial score (nSPS) is 10.4. The molecule has 0 bridgehead atoms. The third-order valence-corrected chi connectivity index (χ3v) is 3.35. The first kappa shape index (κ1) is 15.7. The third kappa shape index (κ3) is 4.09. The topological polar surface area (TPSA) is 69.6 Å². The fourth-order valence-corrected chi connectivity index (χ4v) is 2.22. The van der Waals surface area contributed by atoms with Gasteiger partial charge in [-0.2, -0.15) is 0 Å². The second kappa shape index (κ2) is 6.74. The minimum atomic E-state index is -1.05. The highest BCUT2D eigenvalue weighted by Crippen LogP contribution is 2.19. The van der Waals surface area contributed by atoms with Gasteiger partial charge in [0, 0.05) is 16.2 Å². The number of carbonyl (C=O) groups is 2. The molecule has 19 heavy (non-hydrogen) atoms. The molecule has 1 aromatic carbocycles. The van der Waals surface area contributed by atoms with Crippen LogP contribution in [0.4, 0.5) is 10.5 Å². The van der Waals surface area contributed by atoms with Crippen molar-refractivity contribution in [3.63, 3.8) is 0 Å². The van der Waals surface area contributed by atoms with E-state index in [0.717, 1.165) is 3.57 Å². The largest absolute Gasteiger partial charge is 0.478 e. The van der Waals surface area contributed by atoms with E-state index in [2.05, 4.69) is 5.32 Å². The summed E-state index contributed by atoms with van der Waals surface area (Å²) in [4.78, 5) is 24.9. The van der Waals surface area contributed by atoms with Gasteiger partial charge in [0.05, 0.1) is 11.3 Å². The number of urea groups is 1. The summed E-state index contributed by atoms with van der Waals surface area (Å²) in [6, 6.07) is 4.67. The second-order valence-electron chi connectivity index (χ2n) is 4.30. The van der Waals surface area contributed by atoms with Gasteiger partial charge < -0.3 is 15.3 Å². The number of carbonyl (C=O) groups excluding carboxylic acids is 1. The Kier molecular flexibility index (Phi) is 5.59. The van der Waals surface area contributed by atoms with Crippen LogP contribution in [-0.2, 0) is 0 Å². The molecule has 0 atom stereocenters. The molecule has 0 spiro atoms. The lowest BCUT2D eigenvalue weighted by molar-refractivity contribution is 0.0698. The van der Waals surface area contributed by atoms with Crippen LogP contribution in [-0.4, -0.2) is 34.6 Å². The zero-order chi connectivity index (χ0) is 14.6. The van der Waals surface area contributed by atoms with Crippen LogP contribution in [0, 0.1) is 3.57 Å². The smallest absolute Gasteiger partial charge is 0.337 e. The Morgan fingerprint density at radius 2 is 2.05 bits per heavy atom. The highest BCUT2D eigenvalue weighted by molar-refractivity contribution is 14.1. The predicted octanol–water partition coefficient (Wildman–Crippen LogP) is 3.25. The van der Waals surface area contributed by atoms with Crippen LogP contribution >= 0.6 is 22.6 Å². The van der Waals surface area contributed by atoms with E-state index in [-0.39, 0.29) is 17.6 Å². The van der Waals surface area contributed by atoms with Crippen molar-refractivity contribution in [2.45, 2.75) is 26.8 Å². The predicted molar refractivity (Wildman–Crippen MR) is 82.7 cm³/mol. The number of aromatic carboxylic acids is 1. The Balaban J connectivity index is 2.99. The van der Waals surface area contributed by atoms with E-state index in [1.165, 1.54) is 6.07 Å². The minimum Gasteiger partial charge on any atom is -0.478 e. The molecule has 0 radical (unpaired) electrons. The second-order valence-corrected chi connectivity index (χ2v) is 5.55. The minimum absolute atomic E-state index is 0.0575. The van der Waals surface area contributed by atoms with Gasteiger partial charge in [-0.1, -0.05) is 0 Å². The summed E-state index contributed by atoms with van der Waals surface area (Å²) in [6.45, 7) is 6.27. The van der Waals surface area contributed by atoms with E-state index >= 15 is 0 Å². The third-order valence-electron chi connectivity index (χ3n) is 2.68. The Bertz CT molecular complexity index is 489. The first-order valence-electron chi connectivity index (χ1n) is 5.97. The highest BCUT2D eigenvalue weighted by atomic mass is 127. The number of benzene rings is 1. The van der Waals surface area contributed by atoms with Crippen molar-refractivity contribution >= 4 is 40.3 Å². The van der Waals surface area contributed by atoms with Crippen LogP contribution in [0.5, 0.6) is 0 Å². The molecular formula is C13H17IN2O3. The van der Waals surface area contributed by atoms with Gasteiger partial charge in [-0.05, 0) is 61.6 Å². The maximum atomic E-state index is 12.1. The summed E-state index contributed by atoms with van der Waals surface area (Å²) < 4.78 is 0.809. The van der Waals surface area contributed by atoms with Crippen LogP contribution < -0.4 is 5.32 Å². The van der Waals surface area contributed by atoms with Crippen molar-refractivity contribution in [2.24, 2.45) is 0 Å². The van der Waals surface area contributed by atoms with Gasteiger partial charge in [0.15, 0.2) is 0 Å². The highest BCUT2D eigenvalue weighted by Gasteiger charge is 2.18. The fourth-order valence-electron chi connectivity index (χ4n) is 1.73. The van der Waals surface area contributed by atoms with Crippen LogP contribution in [0.2, 0.25) is 0 Å². The fraction of sp³-hybridized carbons (Fsp3) is 0.385. The zero-order valence-corrected chi connectivity index (χ0v) is 13.3. The summed E-state index contributed by atoms with van der Waals surface area (Å²) in [5, 5.41) is 11.8. The summed E-state index contributed by atoms with van der Waals surface area (Å²) in [7, 11) is 0. The molecule has 1 aromatic rings. The molecule has 104 valence electrons. The summed E-state index contributed by atoms with van der Waals surface area (Å²) in [6.07, 6.45) is 0. The zero-order valence-electron chi connectivity index (χ0n) is 11.1. The molecular weight excluding hydrogens is 359 g/mol. The molecule has 2 amide bonds. The van der Waals surface area contributed by atoms with Crippen LogP contribution in [0.15, 0.2) is 18.2 Å². The van der Waals surface area contributed by atoms with Crippen LogP contribution in [0.3, 0.4) is 0 Å². The van der Waals surface area contributed by atoms with Crippen LogP contribution in [0.1, 0.15) is 31.1 Å². The maximum Gasteiger partial charge on any atom is 0.337 e. The van der Waals surface area contributed by atoms with Gasteiger partial charge in [-0.15, -0.1) is 0 Å². The molecule has 0 aliphatic carbocycles. The number of nitrogens with one attached hydrogen (secondary N) is 1. The van der Waals surface area contributed by atoms with E-state index in [1.807, 2.05) is 43.4 Å². The number of amides is 2. The van der Waals surface area contributed by atoms with Crippen molar-refractivity contribution in [1.82, 2.24) is 4.90 Å². The lowest BCUT2D eigenvalue weighted by atomic mass is 10.2. The molecule has 0 aliphatic rings. The number of rotatable bonds is 4. The molecule has 2 N–H and O–H groups in total. The first-order valence-corrected chi connectivity index (χ1v) is 7.05. The van der Waals surface area contributed by atoms with Crippen molar-refractivity contribution in [3.8, 4) is 0 Å². The molecule has 0 aromatic heterocycles. The lowest BCUT2D eigenvalue weighted by Gasteiger charge is -2.25. The summed E-state index contributed by atoms with van der Waals surface area (Å²) >= 11 is 2.03. The van der Waals surface area contributed by atoms with Crippen molar-refractivity contribution in [1.29, 1.82) is 0 Å². The summed E-state index contributed by atoms with van der Waals surface area (Å²) in [5.41, 5.74) is 0.414. The number of anilines is 1. The number of carboxylic acid groups (broad SMARTS) is 1. The average molecular weight is 376 g/mol. The Morgan fingerprint density at radius 1 is 1.42 bits per heavy atom. The van der Waals surface area contributed by atoms with Gasteiger partial charge in [-0.3, -0.25) is 0 Å². The molecule has 0 heterocycles. The Hall–Kier alpha value is -1.31. The summed E-state index contributed by atoms with van der Waals surface area (Å²) in [5.74, 6) is -1.05. The van der Waals surface area contributed by atoms with Crippen molar-refractivity contribution in [2.75, 3.05) is 11.9 Å². The van der Waals surface area contributed by atoms with Crippen molar-refractivity contribution in [3.05, 3.63) is 27.3 Å². The molecule has 0 saturated heterocycles. The lowest BCUT2D eigenvalue weighted by Crippen LogP contribution is -2.40. The van der Waals surface area contributed by atoms with Gasteiger partial charge in [-0.25, -0.2) is 9.59 Å². The maximum absolute atomic E-state index is 12.1. The standard InChI is InChI=1S/C13H17IN2O3/c1-4-16(8(2)3)13(19)15-11-6-5-9(14)7-10(11)12(17)18/h5-8H,4H2,1-3H3,(H,15,19)(H,17,18). The Morgan fingerprint density at radius 3 is 2.53 bits per heavy atom. The number of halogens is 1. The van der Waals surface area contributed by atoms with E-state index in [4.69, 9.17) is 5.11 Å². The van der Waals surface area contributed by atoms with E-state index in [0.29, 0.717) is 12.2 Å². The molecule has 1 rings (SSSR count). The van der Waals surface area contributed by atoms with Gasteiger partial charge in [0.1, 0.15) is 0 Å². The number of nitrogens with zero attached hydrogens (tertiary/aromatic N) is 1. The molecule has 0 unspecified atom stereocenters. The Labute approximate surface area is 126 Å². The quantitative estimate of drug-likeness (QED) is 0.793. The van der Waals surface area contributed by atoms with Gasteiger partial charge in [0.25, 0.3) is 0 Å². The monoisotopic (exact) mass is 376 g/mol. The molecule has 0 aliphatic heterocycles. The molecule has 5 nitrogen and oxygen atoms in total. The van der Waals surface area contributed by atoms with Crippen molar-refractivity contribution < 1.29 is 14.7 Å². The number of carboxylic acids is 1. The molecule has 6 heteroatoms. The van der Waals surface area contributed by atoms with Gasteiger partial charge >= 0.3 is 12.0 Å². The van der Waals surface area contributed by atoms with Crippen LogP contribution in [0.25, 0.3) is 0 Å². The molecule has 0 saturated carbocycles. The average Bonchev–Trinajstić information content (AvgIpc) is 2.31. The number of hydrogen-bond donors (Lipinski definition) is 2. The number of hydrogen-bond acceptors (Lipinski definition) is 2. The van der Waals surface area contributed by atoms with E-state index in [1.54, 1.807) is 17.0 Å². The molecule has 0 fully saturated rings. The first-order chi connectivity index (χ1) is 8.86.